The fourth-order valence-corrected chi connectivity index (χ4v) is 3.62. The van der Waals surface area contributed by atoms with Crippen LogP contribution >= 0.6 is 23.2 Å². The number of aryl methyl sites for hydroxylation is 2. The summed E-state index contributed by atoms with van der Waals surface area (Å²) in [6.45, 7) is 3.76. The number of rotatable bonds is 5. The van der Waals surface area contributed by atoms with Gasteiger partial charge in [-0.15, -0.1) is 0 Å². The number of hydrogen-bond donors (Lipinski definition) is 3. The minimum absolute atomic E-state index is 0.0486. The van der Waals surface area contributed by atoms with Crippen molar-refractivity contribution in [1.29, 1.82) is 0 Å². The molecule has 1 unspecified atom stereocenters. The molecular weight excluding hydrogens is 423 g/mol. The van der Waals surface area contributed by atoms with Crippen LogP contribution in [0.4, 0.5) is 5.69 Å². The molecule has 0 bridgehead atoms. The summed E-state index contributed by atoms with van der Waals surface area (Å²) in [6, 6.07) is 15.3. The molecule has 0 aliphatic carbocycles. The number of carbonyl (C=O) groups is 2. The van der Waals surface area contributed by atoms with Crippen molar-refractivity contribution >= 4 is 40.7 Å². The topological polar surface area (TPSA) is 78.4 Å². The van der Waals surface area contributed by atoms with Crippen LogP contribution in [0.25, 0.3) is 0 Å². The van der Waals surface area contributed by atoms with E-state index in [9.17, 15) is 14.7 Å². The number of phenols is 1. The van der Waals surface area contributed by atoms with E-state index in [2.05, 4.69) is 10.6 Å². The molecule has 7 heteroatoms. The monoisotopic (exact) mass is 442 g/mol. The van der Waals surface area contributed by atoms with Crippen LogP contribution < -0.4 is 10.6 Å². The fourth-order valence-electron chi connectivity index (χ4n) is 3.10. The third kappa shape index (κ3) is 4.75. The molecule has 0 radical (unpaired) electrons. The van der Waals surface area contributed by atoms with Gasteiger partial charge in [-0.05, 0) is 49.2 Å². The molecule has 5 nitrogen and oxygen atoms in total. The van der Waals surface area contributed by atoms with Gasteiger partial charge in [0.1, 0.15) is 11.8 Å². The standard InChI is InChI=1S/C23H20Cl2N2O3/c1-13-6-5-7-14(2)20(13)26-23(30)21(16-11-10-15(24)12-18(16)25)27-22(29)17-8-3-4-9-19(17)28/h3-12,21,28H,1-2H3,(H,26,30)(H,27,29). The van der Waals surface area contributed by atoms with Gasteiger partial charge < -0.3 is 15.7 Å². The minimum Gasteiger partial charge on any atom is -0.507 e. The second kappa shape index (κ2) is 9.20. The van der Waals surface area contributed by atoms with E-state index in [4.69, 9.17) is 23.2 Å². The van der Waals surface area contributed by atoms with Gasteiger partial charge in [0.05, 0.1) is 5.56 Å². The molecule has 0 aliphatic heterocycles. The summed E-state index contributed by atoms with van der Waals surface area (Å²) in [5.74, 6) is -1.27. The molecule has 3 N–H and O–H groups in total. The van der Waals surface area contributed by atoms with Crippen LogP contribution in [0, 0.1) is 13.8 Å². The number of aromatic hydroxyl groups is 1. The lowest BCUT2D eigenvalue weighted by Gasteiger charge is -2.21. The van der Waals surface area contributed by atoms with Crippen LogP contribution in [0.15, 0.2) is 60.7 Å². The van der Waals surface area contributed by atoms with Crippen molar-refractivity contribution in [2.24, 2.45) is 0 Å². The van der Waals surface area contributed by atoms with Crippen LogP contribution in [0.2, 0.25) is 10.0 Å². The Labute approximate surface area is 184 Å². The lowest BCUT2D eigenvalue weighted by atomic mass is 10.0. The number of nitrogens with one attached hydrogen (secondary N) is 2. The lowest BCUT2D eigenvalue weighted by Crippen LogP contribution is -2.37. The molecule has 30 heavy (non-hydrogen) atoms. The van der Waals surface area contributed by atoms with Gasteiger partial charge in [-0.25, -0.2) is 0 Å². The van der Waals surface area contributed by atoms with Gasteiger partial charge in [-0.3, -0.25) is 9.59 Å². The Morgan fingerprint density at radius 1 is 0.933 bits per heavy atom. The number of anilines is 1. The van der Waals surface area contributed by atoms with Crippen LogP contribution in [-0.4, -0.2) is 16.9 Å². The zero-order chi connectivity index (χ0) is 21.8. The molecule has 0 saturated heterocycles. The van der Waals surface area contributed by atoms with Crippen LogP contribution in [0.1, 0.15) is 33.1 Å². The van der Waals surface area contributed by atoms with Crippen molar-refractivity contribution in [3.63, 3.8) is 0 Å². The van der Waals surface area contributed by atoms with Crippen molar-refractivity contribution in [2.45, 2.75) is 19.9 Å². The van der Waals surface area contributed by atoms with Crippen molar-refractivity contribution in [3.8, 4) is 5.75 Å². The number of benzene rings is 3. The summed E-state index contributed by atoms with van der Waals surface area (Å²) in [4.78, 5) is 26.0. The van der Waals surface area contributed by atoms with E-state index in [1.807, 2.05) is 32.0 Å². The van der Waals surface area contributed by atoms with Crippen LogP contribution in [0.3, 0.4) is 0 Å². The first-order chi connectivity index (χ1) is 14.3. The molecule has 0 heterocycles. The van der Waals surface area contributed by atoms with Gasteiger partial charge in [-0.2, -0.15) is 0 Å². The quantitative estimate of drug-likeness (QED) is 0.493. The maximum Gasteiger partial charge on any atom is 0.255 e. The summed E-state index contributed by atoms with van der Waals surface area (Å²) >= 11 is 12.3. The van der Waals surface area contributed by atoms with Crippen molar-refractivity contribution in [2.75, 3.05) is 5.32 Å². The average Bonchev–Trinajstić information content (AvgIpc) is 2.69. The van der Waals surface area contributed by atoms with E-state index in [0.717, 1.165) is 11.1 Å². The number of hydrogen-bond acceptors (Lipinski definition) is 3. The molecule has 3 rings (SSSR count). The Morgan fingerprint density at radius 3 is 2.23 bits per heavy atom. The number of amides is 2. The van der Waals surface area contributed by atoms with Crippen molar-refractivity contribution in [3.05, 3.63) is 93.0 Å². The summed E-state index contributed by atoms with van der Waals surface area (Å²) in [6.07, 6.45) is 0. The van der Waals surface area contributed by atoms with E-state index < -0.39 is 17.9 Å². The Bertz CT molecular complexity index is 1100. The molecule has 3 aromatic carbocycles. The van der Waals surface area contributed by atoms with Crippen LogP contribution in [-0.2, 0) is 4.79 Å². The molecule has 3 aromatic rings. The second-order valence-corrected chi connectivity index (χ2v) is 7.69. The first-order valence-electron chi connectivity index (χ1n) is 9.19. The van der Waals surface area contributed by atoms with Gasteiger partial charge in [0, 0.05) is 21.3 Å². The largest absolute Gasteiger partial charge is 0.507 e. The zero-order valence-corrected chi connectivity index (χ0v) is 17.9. The Hall–Kier alpha value is -3.02. The SMILES string of the molecule is Cc1cccc(C)c1NC(=O)C(NC(=O)c1ccccc1O)c1ccc(Cl)cc1Cl. The second-order valence-electron chi connectivity index (χ2n) is 6.85. The van der Waals surface area contributed by atoms with Gasteiger partial charge >= 0.3 is 0 Å². The molecule has 154 valence electrons. The van der Waals surface area contributed by atoms with E-state index >= 15 is 0 Å². The number of phenolic OH excluding ortho intramolecular Hbond substituents is 1. The molecule has 0 saturated carbocycles. The molecule has 0 fully saturated rings. The molecule has 1 atom stereocenters. The predicted molar refractivity (Wildman–Crippen MR) is 119 cm³/mol. The molecule has 0 aromatic heterocycles. The maximum atomic E-state index is 13.2. The summed E-state index contributed by atoms with van der Waals surface area (Å²) in [5, 5.41) is 16.2. The normalized spacial score (nSPS) is 11.6. The Kier molecular flexibility index (Phi) is 6.65. The fraction of sp³-hybridized carbons (Fsp3) is 0.130. The smallest absolute Gasteiger partial charge is 0.255 e. The van der Waals surface area contributed by atoms with Crippen LogP contribution in [0.5, 0.6) is 5.75 Å². The highest BCUT2D eigenvalue weighted by Gasteiger charge is 2.27. The number of para-hydroxylation sites is 2. The van der Waals surface area contributed by atoms with Crippen molar-refractivity contribution in [1.82, 2.24) is 5.32 Å². The molecule has 0 aliphatic rings. The van der Waals surface area contributed by atoms with E-state index in [1.165, 1.54) is 18.2 Å². The first kappa shape index (κ1) is 21.7. The van der Waals surface area contributed by atoms with Gasteiger partial charge in [-0.1, -0.05) is 59.6 Å². The van der Waals surface area contributed by atoms with Crippen molar-refractivity contribution < 1.29 is 14.7 Å². The number of carbonyl (C=O) groups excluding carboxylic acids is 2. The lowest BCUT2D eigenvalue weighted by molar-refractivity contribution is -0.118. The van der Waals surface area contributed by atoms with E-state index in [1.54, 1.807) is 24.3 Å². The maximum absolute atomic E-state index is 13.2. The summed E-state index contributed by atoms with van der Waals surface area (Å²) in [5.41, 5.74) is 2.86. The molecule has 0 spiro atoms. The summed E-state index contributed by atoms with van der Waals surface area (Å²) < 4.78 is 0. The van der Waals surface area contributed by atoms with Gasteiger partial charge in [0.2, 0.25) is 0 Å². The highest BCUT2D eigenvalue weighted by Crippen LogP contribution is 2.29. The van der Waals surface area contributed by atoms with Gasteiger partial charge in [0.15, 0.2) is 0 Å². The predicted octanol–water partition coefficient (Wildman–Crippen LogP) is 5.43. The Morgan fingerprint density at radius 2 is 1.60 bits per heavy atom. The van der Waals surface area contributed by atoms with Gasteiger partial charge in [0.25, 0.3) is 11.8 Å². The third-order valence-corrected chi connectivity index (χ3v) is 5.25. The Balaban J connectivity index is 1.98. The highest BCUT2D eigenvalue weighted by molar-refractivity contribution is 6.35. The molecule has 2 amide bonds. The summed E-state index contributed by atoms with van der Waals surface area (Å²) in [7, 11) is 0. The zero-order valence-electron chi connectivity index (χ0n) is 16.4. The molecular formula is C23H20Cl2N2O3. The highest BCUT2D eigenvalue weighted by atomic mass is 35.5. The average molecular weight is 443 g/mol. The van der Waals surface area contributed by atoms with E-state index in [0.29, 0.717) is 16.3 Å². The first-order valence-corrected chi connectivity index (χ1v) is 9.94. The minimum atomic E-state index is -1.11. The number of halogens is 2. The third-order valence-electron chi connectivity index (χ3n) is 4.69. The van der Waals surface area contributed by atoms with E-state index in [-0.39, 0.29) is 16.3 Å².